The van der Waals surface area contributed by atoms with Gasteiger partial charge >= 0.3 is 0 Å². The Morgan fingerprint density at radius 3 is 2.57 bits per heavy atom. The second-order valence-corrected chi connectivity index (χ2v) is 6.43. The second-order valence-electron chi connectivity index (χ2n) is 5.62. The molecule has 21 heavy (non-hydrogen) atoms. The average molecular weight is 331 g/mol. The van der Waals surface area contributed by atoms with Gasteiger partial charge in [-0.15, -0.1) is 0 Å². The highest BCUT2D eigenvalue weighted by molar-refractivity contribution is 6.42. The molecule has 0 spiro atoms. The highest BCUT2D eigenvalue weighted by atomic mass is 35.5. The topological polar surface area (TPSA) is 24.5 Å². The van der Waals surface area contributed by atoms with Gasteiger partial charge in [0.2, 0.25) is 0 Å². The van der Waals surface area contributed by atoms with Crippen LogP contribution in [0.3, 0.4) is 0 Å². The van der Waals surface area contributed by atoms with Crippen molar-refractivity contribution in [3.05, 3.63) is 33.8 Å². The highest BCUT2D eigenvalue weighted by Crippen LogP contribution is 2.27. The zero-order valence-electron chi connectivity index (χ0n) is 12.7. The van der Waals surface area contributed by atoms with E-state index >= 15 is 0 Å². The van der Waals surface area contributed by atoms with E-state index in [1.165, 1.54) is 5.56 Å². The van der Waals surface area contributed by atoms with Gasteiger partial charge in [-0.25, -0.2) is 0 Å². The van der Waals surface area contributed by atoms with Crippen molar-refractivity contribution in [2.24, 2.45) is 0 Å². The SMILES string of the molecule is CCC(NC(C)CN1CCOCC1)c1ccc(Cl)c(Cl)c1. The Morgan fingerprint density at radius 2 is 1.95 bits per heavy atom. The Kier molecular flexibility index (Phi) is 6.77. The highest BCUT2D eigenvalue weighted by Gasteiger charge is 2.17. The Labute approximate surface area is 137 Å². The molecule has 118 valence electrons. The van der Waals surface area contributed by atoms with E-state index < -0.39 is 0 Å². The van der Waals surface area contributed by atoms with Crippen molar-refractivity contribution in [2.45, 2.75) is 32.4 Å². The van der Waals surface area contributed by atoms with Gasteiger partial charge < -0.3 is 10.1 Å². The zero-order chi connectivity index (χ0) is 15.2. The van der Waals surface area contributed by atoms with Crippen molar-refractivity contribution in [1.29, 1.82) is 0 Å². The van der Waals surface area contributed by atoms with Gasteiger partial charge in [0.25, 0.3) is 0 Å². The number of nitrogens with one attached hydrogen (secondary N) is 1. The first-order valence-corrected chi connectivity index (χ1v) is 8.36. The van der Waals surface area contributed by atoms with Crippen LogP contribution in [0.25, 0.3) is 0 Å². The van der Waals surface area contributed by atoms with Gasteiger partial charge in [0, 0.05) is 31.7 Å². The molecule has 0 bridgehead atoms. The lowest BCUT2D eigenvalue weighted by Crippen LogP contribution is -2.45. The Morgan fingerprint density at radius 1 is 1.24 bits per heavy atom. The number of hydrogen-bond donors (Lipinski definition) is 1. The van der Waals surface area contributed by atoms with Crippen LogP contribution in [0.1, 0.15) is 31.9 Å². The molecule has 0 aliphatic carbocycles. The zero-order valence-corrected chi connectivity index (χ0v) is 14.3. The molecule has 1 fully saturated rings. The van der Waals surface area contributed by atoms with Crippen LogP contribution < -0.4 is 5.32 Å². The van der Waals surface area contributed by atoms with Crippen molar-refractivity contribution in [1.82, 2.24) is 10.2 Å². The summed E-state index contributed by atoms with van der Waals surface area (Å²) in [5, 5.41) is 4.92. The maximum Gasteiger partial charge on any atom is 0.0595 e. The van der Waals surface area contributed by atoms with E-state index in [4.69, 9.17) is 27.9 Å². The Balaban J connectivity index is 1.92. The number of rotatable bonds is 6. The van der Waals surface area contributed by atoms with Crippen LogP contribution in [0.2, 0.25) is 10.0 Å². The summed E-state index contributed by atoms with van der Waals surface area (Å²) in [6.45, 7) is 9.19. The van der Waals surface area contributed by atoms with E-state index in [9.17, 15) is 0 Å². The molecule has 0 aromatic heterocycles. The quantitative estimate of drug-likeness (QED) is 0.859. The number of halogens is 2. The van der Waals surface area contributed by atoms with Crippen molar-refractivity contribution < 1.29 is 4.74 Å². The molecule has 1 N–H and O–H groups in total. The van der Waals surface area contributed by atoms with Gasteiger partial charge in [-0.3, -0.25) is 4.90 Å². The van der Waals surface area contributed by atoms with E-state index in [0.717, 1.165) is 39.3 Å². The third-order valence-corrected chi connectivity index (χ3v) is 4.61. The molecule has 0 radical (unpaired) electrons. The number of ether oxygens (including phenoxy) is 1. The minimum Gasteiger partial charge on any atom is -0.379 e. The van der Waals surface area contributed by atoms with E-state index in [2.05, 4.69) is 30.1 Å². The van der Waals surface area contributed by atoms with Crippen LogP contribution in [0.4, 0.5) is 0 Å². The number of morpholine rings is 1. The standard InChI is InChI=1S/C16H24Cl2N2O/c1-3-16(13-4-5-14(17)15(18)10-13)19-12(2)11-20-6-8-21-9-7-20/h4-5,10,12,16,19H,3,6-9,11H2,1-2H3. The van der Waals surface area contributed by atoms with Gasteiger partial charge in [-0.2, -0.15) is 0 Å². The molecule has 1 aliphatic rings. The smallest absolute Gasteiger partial charge is 0.0595 e. The molecule has 2 atom stereocenters. The molecule has 1 saturated heterocycles. The average Bonchev–Trinajstić information content (AvgIpc) is 2.49. The summed E-state index contributed by atoms with van der Waals surface area (Å²) in [6.07, 6.45) is 1.02. The molecule has 1 aromatic carbocycles. The molecule has 1 heterocycles. The van der Waals surface area contributed by atoms with E-state index in [1.54, 1.807) is 0 Å². The predicted molar refractivity (Wildman–Crippen MR) is 89.4 cm³/mol. The van der Waals surface area contributed by atoms with Crippen LogP contribution in [-0.4, -0.2) is 43.8 Å². The fourth-order valence-corrected chi connectivity index (χ4v) is 3.05. The summed E-state index contributed by atoms with van der Waals surface area (Å²) in [6, 6.07) is 6.61. The molecule has 2 unspecified atom stereocenters. The fraction of sp³-hybridized carbons (Fsp3) is 0.625. The molecule has 2 rings (SSSR count). The number of benzene rings is 1. The van der Waals surface area contributed by atoms with E-state index in [-0.39, 0.29) is 0 Å². The molecule has 1 aromatic rings. The first-order valence-electron chi connectivity index (χ1n) is 7.61. The molecular formula is C16H24Cl2N2O. The lowest BCUT2D eigenvalue weighted by Gasteiger charge is -2.31. The summed E-state index contributed by atoms with van der Waals surface area (Å²) in [4.78, 5) is 2.45. The molecule has 0 amide bonds. The third-order valence-electron chi connectivity index (χ3n) is 3.88. The lowest BCUT2D eigenvalue weighted by molar-refractivity contribution is 0.0338. The molecule has 0 saturated carbocycles. The van der Waals surface area contributed by atoms with Gasteiger partial charge in [0.1, 0.15) is 0 Å². The van der Waals surface area contributed by atoms with Crippen LogP contribution in [0.5, 0.6) is 0 Å². The lowest BCUT2D eigenvalue weighted by atomic mass is 10.0. The normalized spacial score (nSPS) is 19.4. The summed E-state index contributed by atoms with van der Waals surface area (Å²) < 4.78 is 5.39. The molecular weight excluding hydrogens is 307 g/mol. The van der Waals surface area contributed by atoms with Crippen LogP contribution >= 0.6 is 23.2 Å². The van der Waals surface area contributed by atoms with Crippen molar-refractivity contribution in [3.8, 4) is 0 Å². The predicted octanol–water partition coefficient (Wildman–Crippen LogP) is 3.75. The van der Waals surface area contributed by atoms with Gasteiger partial charge in [0.15, 0.2) is 0 Å². The summed E-state index contributed by atoms with van der Waals surface area (Å²) in [5.41, 5.74) is 1.20. The van der Waals surface area contributed by atoms with Crippen LogP contribution in [0, 0.1) is 0 Å². The summed E-state index contributed by atoms with van der Waals surface area (Å²) in [5.74, 6) is 0. The summed E-state index contributed by atoms with van der Waals surface area (Å²) >= 11 is 12.1. The number of hydrogen-bond acceptors (Lipinski definition) is 3. The van der Waals surface area contributed by atoms with Crippen LogP contribution in [-0.2, 0) is 4.74 Å². The summed E-state index contributed by atoms with van der Waals surface area (Å²) in [7, 11) is 0. The van der Waals surface area contributed by atoms with E-state index in [0.29, 0.717) is 22.1 Å². The van der Waals surface area contributed by atoms with Gasteiger partial charge in [-0.05, 0) is 31.0 Å². The molecule has 5 heteroatoms. The van der Waals surface area contributed by atoms with Crippen molar-refractivity contribution in [3.63, 3.8) is 0 Å². The minimum absolute atomic E-state index is 0.302. The molecule has 1 aliphatic heterocycles. The maximum absolute atomic E-state index is 6.13. The maximum atomic E-state index is 6.13. The van der Waals surface area contributed by atoms with E-state index in [1.807, 2.05) is 12.1 Å². The Bertz CT molecular complexity index is 450. The fourth-order valence-electron chi connectivity index (χ4n) is 2.75. The van der Waals surface area contributed by atoms with Gasteiger partial charge in [0.05, 0.1) is 23.3 Å². The van der Waals surface area contributed by atoms with Crippen molar-refractivity contribution in [2.75, 3.05) is 32.8 Å². The first-order chi connectivity index (χ1) is 10.1. The Hall–Kier alpha value is -0.320. The number of nitrogens with zero attached hydrogens (tertiary/aromatic N) is 1. The van der Waals surface area contributed by atoms with Gasteiger partial charge in [-0.1, -0.05) is 36.2 Å². The first kappa shape index (κ1) is 17.0. The largest absolute Gasteiger partial charge is 0.379 e. The minimum atomic E-state index is 0.302. The molecule has 3 nitrogen and oxygen atoms in total. The third kappa shape index (κ3) is 5.11. The second kappa shape index (κ2) is 8.35. The van der Waals surface area contributed by atoms with Crippen molar-refractivity contribution >= 4 is 23.2 Å². The van der Waals surface area contributed by atoms with Crippen LogP contribution in [0.15, 0.2) is 18.2 Å². The monoisotopic (exact) mass is 330 g/mol.